The number of carbonyl (C=O) groups is 2. The number of ether oxygens (including phenoxy) is 1. The van der Waals surface area contributed by atoms with E-state index >= 15 is 0 Å². The van der Waals surface area contributed by atoms with Gasteiger partial charge in [-0.15, -0.1) is 0 Å². The Balaban J connectivity index is 2.07. The Hall–Kier alpha value is -1.85. The second-order valence-electron chi connectivity index (χ2n) is 4.50. The second kappa shape index (κ2) is 5.20. The van der Waals surface area contributed by atoms with Gasteiger partial charge in [0.1, 0.15) is 5.69 Å². The molecule has 1 fully saturated rings. The molecule has 1 saturated heterocycles. The number of aryl methyl sites for hydroxylation is 1. The van der Waals surface area contributed by atoms with E-state index in [1.54, 1.807) is 29.0 Å². The van der Waals surface area contributed by atoms with Crippen LogP contribution in [0.1, 0.15) is 23.3 Å². The summed E-state index contributed by atoms with van der Waals surface area (Å²) in [5.41, 5.74) is 0.542. The van der Waals surface area contributed by atoms with Crippen molar-refractivity contribution in [2.45, 2.75) is 12.8 Å². The van der Waals surface area contributed by atoms with E-state index in [2.05, 4.69) is 4.98 Å². The number of imidazole rings is 1. The molecular weight excluding hydrogens is 234 g/mol. The molecule has 0 N–H and O–H groups in total. The Bertz CT molecular complexity index is 455. The van der Waals surface area contributed by atoms with Crippen molar-refractivity contribution in [1.29, 1.82) is 0 Å². The molecule has 0 aliphatic carbocycles. The first-order chi connectivity index (χ1) is 8.63. The number of hydrogen-bond donors (Lipinski definition) is 0. The second-order valence-corrected chi connectivity index (χ2v) is 4.50. The number of esters is 1. The Kier molecular flexibility index (Phi) is 3.64. The molecule has 98 valence electrons. The monoisotopic (exact) mass is 251 g/mol. The van der Waals surface area contributed by atoms with Crippen LogP contribution in [0.5, 0.6) is 0 Å². The van der Waals surface area contributed by atoms with Crippen LogP contribution in [0, 0.1) is 5.92 Å². The van der Waals surface area contributed by atoms with Crippen molar-refractivity contribution in [2.75, 3.05) is 20.2 Å². The molecule has 1 amide bonds. The highest BCUT2D eigenvalue weighted by Gasteiger charge is 2.30. The molecule has 2 rings (SSSR count). The number of methoxy groups -OCH3 is 1. The normalized spacial score (nSPS) is 19.7. The highest BCUT2D eigenvalue weighted by Crippen LogP contribution is 2.19. The van der Waals surface area contributed by atoms with Gasteiger partial charge in [0, 0.05) is 20.1 Å². The van der Waals surface area contributed by atoms with Gasteiger partial charge in [0.25, 0.3) is 5.91 Å². The number of aromatic nitrogens is 2. The first kappa shape index (κ1) is 12.6. The minimum Gasteiger partial charge on any atom is -0.469 e. The molecule has 18 heavy (non-hydrogen) atoms. The zero-order chi connectivity index (χ0) is 13.1. The molecule has 0 saturated carbocycles. The summed E-state index contributed by atoms with van der Waals surface area (Å²) >= 11 is 0. The summed E-state index contributed by atoms with van der Waals surface area (Å²) < 4.78 is 6.42. The van der Waals surface area contributed by atoms with E-state index < -0.39 is 0 Å². The molecule has 1 aromatic rings. The molecule has 0 radical (unpaired) electrons. The van der Waals surface area contributed by atoms with Crippen molar-refractivity contribution in [3.8, 4) is 0 Å². The highest BCUT2D eigenvalue weighted by molar-refractivity contribution is 5.92. The molecule has 0 bridgehead atoms. The number of nitrogens with zero attached hydrogens (tertiary/aromatic N) is 3. The van der Waals surface area contributed by atoms with Gasteiger partial charge in [-0.05, 0) is 12.8 Å². The van der Waals surface area contributed by atoms with Crippen LogP contribution in [0.4, 0.5) is 0 Å². The van der Waals surface area contributed by atoms with Gasteiger partial charge in [0.05, 0.1) is 25.6 Å². The largest absolute Gasteiger partial charge is 0.469 e. The van der Waals surface area contributed by atoms with Gasteiger partial charge in [-0.2, -0.15) is 0 Å². The summed E-state index contributed by atoms with van der Waals surface area (Å²) in [5.74, 6) is -0.526. The van der Waals surface area contributed by atoms with Gasteiger partial charge in [0.15, 0.2) is 0 Å². The quantitative estimate of drug-likeness (QED) is 0.716. The first-order valence-electron chi connectivity index (χ1n) is 5.97. The Morgan fingerprint density at radius 1 is 1.50 bits per heavy atom. The van der Waals surface area contributed by atoms with Crippen LogP contribution in [0.15, 0.2) is 12.5 Å². The fourth-order valence-corrected chi connectivity index (χ4v) is 2.25. The smallest absolute Gasteiger partial charge is 0.310 e. The van der Waals surface area contributed by atoms with Crippen molar-refractivity contribution in [3.05, 3.63) is 18.2 Å². The Morgan fingerprint density at radius 2 is 2.28 bits per heavy atom. The van der Waals surface area contributed by atoms with E-state index in [1.807, 2.05) is 0 Å². The standard InChI is InChI=1S/C12H17N3O3/c1-14-8-13-6-10(14)11(16)15-5-3-4-9(7-15)12(17)18-2/h6,8-9H,3-5,7H2,1-2H3. The predicted octanol–water partition coefficient (Wildman–Crippen LogP) is 0.445. The van der Waals surface area contributed by atoms with Crippen molar-refractivity contribution in [1.82, 2.24) is 14.5 Å². The lowest BCUT2D eigenvalue weighted by Crippen LogP contribution is -2.43. The zero-order valence-corrected chi connectivity index (χ0v) is 10.6. The third-order valence-corrected chi connectivity index (χ3v) is 3.28. The summed E-state index contributed by atoms with van der Waals surface area (Å²) in [6, 6.07) is 0. The topological polar surface area (TPSA) is 64.4 Å². The summed E-state index contributed by atoms with van der Waals surface area (Å²) in [6.45, 7) is 1.11. The molecule has 1 atom stereocenters. The summed E-state index contributed by atoms with van der Waals surface area (Å²) in [5, 5.41) is 0. The van der Waals surface area contributed by atoms with E-state index in [1.165, 1.54) is 7.11 Å². The lowest BCUT2D eigenvalue weighted by atomic mass is 9.98. The molecule has 1 aliphatic rings. The van der Waals surface area contributed by atoms with Crippen LogP contribution in [0.25, 0.3) is 0 Å². The van der Waals surface area contributed by atoms with Crippen LogP contribution < -0.4 is 0 Å². The molecule has 0 spiro atoms. The van der Waals surface area contributed by atoms with Crippen LogP contribution >= 0.6 is 0 Å². The van der Waals surface area contributed by atoms with E-state index in [0.717, 1.165) is 12.8 Å². The van der Waals surface area contributed by atoms with E-state index in [-0.39, 0.29) is 17.8 Å². The van der Waals surface area contributed by atoms with Gasteiger partial charge < -0.3 is 14.2 Å². The van der Waals surface area contributed by atoms with Crippen LogP contribution in [-0.2, 0) is 16.6 Å². The van der Waals surface area contributed by atoms with Crippen molar-refractivity contribution < 1.29 is 14.3 Å². The van der Waals surface area contributed by atoms with Crippen molar-refractivity contribution >= 4 is 11.9 Å². The third-order valence-electron chi connectivity index (χ3n) is 3.28. The maximum atomic E-state index is 12.3. The molecule has 6 heteroatoms. The number of piperidine rings is 1. The van der Waals surface area contributed by atoms with Crippen LogP contribution in [0.2, 0.25) is 0 Å². The van der Waals surface area contributed by atoms with E-state index in [4.69, 9.17) is 4.74 Å². The molecule has 0 aromatic carbocycles. The maximum Gasteiger partial charge on any atom is 0.310 e. The molecule has 1 aromatic heterocycles. The highest BCUT2D eigenvalue weighted by atomic mass is 16.5. The van der Waals surface area contributed by atoms with Gasteiger partial charge in [0.2, 0.25) is 0 Å². The van der Waals surface area contributed by atoms with Crippen LogP contribution in [-0.4, -0.2) is 46.5 Å². The Morgan fingerprint density at radius 3 is 2.89 bits per heavy atom. The Labute approximate surface area is 106 Å². The lowest BCUT2D eigenvalue weighted by molar-refractivity contribution is -0.146. The molecule has 1 aliphatic heterocycles. The summed E-state index contributed by atoms with van der Waals surface area (Å²) in [7, 11) is 3.16. The summed E-state index contributed by atoms with van der Waals surface area (Å²) in [6.07, 6.45) is 4.74. The average Bonchev–Trinajstić information content (AvgIpc) is 2.83. The van der Waals surface area contributed by atoms with Gasteiger partial charge in [-0.1, -0.05) is 0 Å². The SMILES string of the molecule is COC(=O)C1CCCN(C(=O)c2cncn2C)C1. The van der Waals surface area contributed by atoms with Gasteiger partial charge in [-0.25, -0.2) is 4.98 Å². The van der Waals surface area contributed by atoms with E-state index in [9.17, 15) is 9.59 Å². The van der Waals surface area contributed by atoms with E-state index in [0.29, 0.717) is 18.8 Å². The molecule has 6 nitrogen and oxygen atoms in total. The molecule has 2 heterocycles. The minimum absolute atomic E-state index is 0.0800. The lowest BCUT2D eigenvalue weighted by Gasteiger charge is -2.31. The van der Waals surface area contributed by atoms with Crippen molar-refractivity contribution in [3.63, 3.8) is 0 Å². The van der Waals surface area contributed by atoms with Gasteiger partial charge in [-0.3, -0.25) is 9.59 Å². The fraction of sp³-hybridized carbons (Fsp3) is 0.583. The number of amides is 1. The van der Waals surface area contributed by atoms with Gasteiger partial charge >= 0.3 is 5.97 Å². The number of carbonyl (C=O) groups excluding carboxylic acids is 2. The van der Waals surface area contributed by atoms with Crippen LogP contribution in [0.3, 0.4) is 0 Å². The molecule has 1 unspecified atom stereocenters. The zero-order valence-electron chi connectivity index (χ0n) is 10.6. The third kappa shape index (κ3) is 2.37. The van der Waals surface area contributed by atoms with Crippen molar-refractivity contribution in [2.24, 2.45) is 13.0 Å². The summed E-state index contributed by atoms with van der Waals surface area (Å²) in [4.78, 5) is 29.4. The average molecular weight is 251 g/mol. The predicted molar refractivity (Wildman–Crippen MR) is 63.9 cm³/mol. The number of likely N-dealkylation sites (tertiary alicyclic amines) is 1. The number of hydrogen-bond acceptors (Lipinski definition) is 4. The fourth-order valence-electron chi connectivity index (χ4n) is 2.25. The number of rotatable bonds is 2. The minimum atomic E-state index is -0.238. The first-order valence-corrected chi connectivity index (χ1v) is 5.97. The maximum absolute atomic E-state index is 12.3. The molecular formula is C12H17N3O3.